The maximum atomic E-state index is 6.03. The Bertz CT molecular complexity index is 792. The highest BCUT2D eigenvalue weighted by Crippen LogP contribution is 2.26. The van der Waals surface area contributed by atoms with Gasteiger partial charge in [-0.15, -0.1) is 10.2 Å². The quantitative estimate of drug-likeness (QED) is 0.470. The topological polar surface area (TPSA) is 48.2 Å². The lowest BCUT2D eigenvalue weighted by Gasteiger charge is -2.06. The second-order valence-corrected chi connectivity index (χ2v) is 6.27. The molecule has 0 saturated heterocycles. The molecule has 0 bridgehead atoms. The van der Waals surface area contributed by atoms with E-state index in [4.69, 9.17) is 20.8 Å². The van der Waals surface area contributed by atoms with Crippen LogP contribution in [0.1, 0.15) is 5.56 Å². The molecule has 118 valence electrons. The average Bonchev–Trinajstić information content (AvgIpc) is 3.02. The summed E-state index contributed by atoms with van der Waals surface area (Å²) in [4.78, 5) is 0. The number of thioether (sulfide) groups is 1. The summed E-state index contributed by atoms with van der Waals surface area (Å²) >= 11 is 7.49. The molecule has 0 saturated carbocycles. The number of rotatable bonds is 6. The van der Waals surface area contributed by atoms with E-state index in [0.717, 1.165) is 11.1 Å². The standard InChI is InChI=1S/C17H15ClN2O2S/c1-12-6-2-3-7-13(12)16-19-20-17(22-16)23-11-10-21-15-9-5-4-8-14(15)18/h2-9H,10-11H2,1H3. The molecular weight excluding hydrogens is 332 g/mol. The van der Waals surface area contributed by atoms with E-state index in [1.54, 1.807) is 6.07 Å². The fourth-order valence-electron chi connectivity index (χ4n) is 2.03. The second-order valence-electron chi connectivity index (χ2n) is 4.82. The van der Waals surface area contributed by atoms with E-state index in [-0.39, 0.29) is 0 Å². The molecule has 0 aliphatic rings. The number of nitrogens with zero attached hydrogens (tertiary/aromatic N) is 2. The van der Waals surface area contributed by atoms with Gasteiger partial charge in [-0.25, -0.2) is 0 Å². The van der Waals surface area contributed by atoms with Gasteiger partial charge in [0.15, 0.2) is 0 Å². The van der Waals surface area contributed by atoms with Crippen LogP contribution in [-0.4, -0.2) is 22.6 Å². The van der Waals surface area contributed by atoms with Crippen LogP contribution in [0.3, 0.4) is 0 Å². The van der Waals surface area contributed by atoms with Crippen molar-refractivity contribution in [1.29, 1.82) is 0 Å². The van der Waals surface area contributed by atoms with Crippen molar-refractivity contribution >= 4 is 23.4 Å². The summed E-state index contributed by atoms with van der Waals surface area (Å²) in [5.41, 5.74) is 2.06. The molecular formula is C17H15ClN2O2S. The van der Waals surface area contributed by atoms with Gasteiger partial charge in [-0.3, -0.25) is 0 Å². The monoisotopic (exact) mass is 346 g/mol. The third-order valence-corrected chi connectivity index (χ3v) is 4.28. The molecule has 6 heteroatoms. The first-order valence-electron chi connectivity index (χ1n) is 7.13. The van der Waals surface area contributed by atoms with Crippen molar-refractivity contribution in [2.24, 2.45) is 0 Å². The molecule has 23 heavy (non-hydrogen) atoms. The van der Waals surface area contributed by atoms with E-state index in [2.05, 4.69) is 10.2 Å². The van der Waals surface area contributed by atoms with Gasteiger partial charge in [-0.1, -0.05) is 53.7 Å². The van der Waals surface area contributed by atoms with E-state index in [1.165, 1.54) is 11.8 Å². The third kappa shape index (κ3) is 4.06. The highest BCUT2D eigenvalue weighted by molar-refractivity contribution is 7.99. The SMILES string of the molecule is Cc1ccccc1-c1nnc(SCCOc2ccccc2Cl)o1. The first-order valence-corrected chi connectivity index (χ1v) is 8.50. The summed E-state index contributed by atoms with van der Waals surface area (Å²) in [6.45, 7) is 2.53. The lowest BCUT2D eigenvalue weighted by atomic mass is 10.1. The Morgan fingerprint density at radius 3 is 2.70 bits per heavy atom. The third-order valence-electron chi connectivity index (χ3n) is 3.19. The molecule has 0 amide bonds. The van der Waals surface area contributed by atoms with Crippen LogP contribution in [0.2, 0.25) is 5.02 Å². The number of halogens is 1. The number of ether oxygens (including phenoxy) is 1. The number of hydrogen-bond acceptors (Lipinski definition) is 5. The fourth-order valence-corrected chi connectivity index (χ4v) is 2.80. The number of aromatic nitrogens is 2. The highest BCUT2D eigenvalue weighted by Gasteiger charge is 2.10. The van der Waals surface area contributed by atoms with Crippen LogP contribution >= 0.6 is 23.4 Å². The Labute approximate surface area is 143 Å². The van der Waals surface area contributed by atoms with Crippen molar-refractivity contribution in [3.8, 4) is 17.2 Å². The minimum atomic E-state index is 0.510. The molecule has 0 fully saturated rings. The van der Waals surface area contributed by atoms with Crippen molar-refractivity contribution in [3.63, 3.8) is 0 Å². The van der Waals surface area contributed by atoms with Crippen molar-refractivity contribution < 1.29 is 9.15 Å². The maximum absolute atomic E-state index is 6.03. The summed E-state index contributed by atoms with van der Waals surface area (Å²) in [5.74, 6) is 1.92. The van der Waals surface area contributed by atoms with E-state index >= 15 is 0 Å². The summed E-state index contributed by atoms with van der Waals surface area (Å²) in [7, 11) is 0. The van der Waals surface area contributed by atoms with Crippen molar-refractivity contribution in [2.45, 2.75) is 12.1 Å². The average molecular weight is 347 g/mol. The first-order chi connectivity index (χ1) is 11.2. The number of benzene rings is 2. The van der Waals surface area contributed by atoms with Crippen molar-refractivity contribution in [1.82, 2.24) is 10.2 Å². The molecule has 0 spiro atoms. The van der Waals surface area contributed by atoms with Gasteiger partial charge in [-0.2, -0.15) is 0 Å². The van der Waals surface area contributed by atoms with E-state index in [9.17, 15) is 0 Å². The number of aryl methyl sites for hydroxylation is 1. The predicted molar refractivity (Wildman–Crippen MR) is 92.1 cm³/mol. The van der Waals surface area contributed by atoms with Crippen molar-refractivity contribution in [3.05, 3.63) is 59.1 Å². The van der Waals surface area contributed by atoms with E-state index in [1.807, 2.05) is 49.4 Å². The van der Waals surface area contributed by atoms with Crippen LogP contribution in [0.25, 0.3) is 11.5 Å². The van der Waals surface area contributed by atoms with Crippen molar-refractivity contribution in [2.75, 3.05) is 12.4 Å². The zero-order valence-electron chi connectivity index (χ0n) is 12.5. The molecule has 0 aliphatic carbocycles. The Balaban J connectivity index is 1.54. The van der Waals surface area contributed by atoms with Crippen LogP contribution in [-0.2, 0) is 0 Å². The van der Waals surface area contributed by atoms with Gasteiger partial charge in [0.05, 0.1) is 11.6 Å². The van der Waals surface area contributed by atoms with Crippen LogP contribution in [0.5, 0.6) is 5.75 Å². The maximum Gasteiger partial charge on any atom is 0.276 e. The molecule has 3 rings (SSSR count). The molecule has 3 aromatic rings. The summed E-state index contributed by atoms with van der Waals surface area (Å²) < 4.78 is 11.3. The molecule has 0 atom stereocenters. The fraction of sp³-hybridized carbons (Fsp3) is 0.176. The molecule has 0 N–H and O–H groups in total. The molecule has 2 aromatic carbocycles. The van der Waals surface area contributed by atoms with Crippen LogP contribution in [0.15, 0.2) is 58.2 Å². The van der Waals surface area contributed by atoms with Crippen LogP contribution < -0.4 is 4.74 Å². The van der Waals surface area contributed by atoms with Crippen LogP contribution in [0, 0.1) is 6.92 Å². The minimum Gasteiger partial charge on any atom is -0.491 e. The van der Waals surface area contributed by atoms with E-state index in [0.29, 0.717) is 34.2 Å². The van der Waals surface area contributed by atoms with Gasteiger partial charge < -0.3 is 9.15 Å². The zero-order valence-corrected chi connectivity index (χ0v) is 14.1. The molecule has 0 radical (unpaired) electrons. The molecule has 4 nitrogen and oxygen atoms in total. The lowest BCUT2D eigenvalue weighted by Crippen LogP contribution is -2.00. The normalized spacial score (nSPS) is 10.7. The van der Waals surface area contributed by atoms with Gasteiger partial charge in [0, 0.05) is 11.3 Å². The molecule has 1 aromatic heterocycles. The Hall–Kier alpha value is -1.98. The number of para-hydroxylation sites is 1. The summed E-state index contributed by atoms with van der Waals surface area (Å²) in [5, 5.41) is 9.30. The molecule has 0 aliphatic heterocycles. The molecule has 0 unspecified atom stereocenters. The first kappa shape index (κ1) is 15.9. The van der Waals surface area contributed by atoms with Gasteiger partial charge in [0.25, 0.3) is 5.22 Å². The Kier molecular flexibility index (Phi) is 5.20. The lowest BCUT2D eigenvalue weighted by molar-refractivity contribution is 0.343. The smallest absolute Gasteiger partial charge is 0.276 e. The van der Waals surface area contributed by atoms with Gasteiger partial charge in [0.1, 0.15) is 5.75 Å². The van der Waals surface area contributed by atoms with Gasteiger partial charge in [0.2, 0.25) is 5.89 Å². The van der Waals surface area contributed by atoms with Gasteiger partial charge in [-0.05, 0) is 30.7 Å². The highest BCUT2D eigenvalue weighted by atomic mass is 35.5. The Morgan fingerprint density at radius 2 is 1.87 bits per heavy atom. The predicted octanol–water partition coefficient (Wildman–Crippen LogP) is 4.87. The minimum absolute atomic E-state index is 0.510. The zero-order chi connectivity index (χ0) is 16.1. The largest absolute Gasteiger partial charge is 0.491 e. The van der Waals surface area contributed by atoms with Gasteiger partial charge >= 0.3 is 0 Å². The van der Waals surface area contributed by atoms with E-state index < -0.39 is 0 Å². The second kappa shape index (κ2) is 7.53. The van der Waals surface area contributed by atoms with Crippen LogP contribution in [0.4, 0.5) is 0 Å². The summed E-state index contributed by atoms with van der Waals surface area (Å²) in [6, 6.07) is 15.3. The number of hydrogen-bond donors (Lipinski definition) is 0. The Morgan fingerprint density at radius 1 is 1.09 bits per heavy atom. The molecule has 1 heterocycles. The summed E-state index contributed by atoms with van der Waals surface area (Å²) in [6.07, 6.45) is 0.